The van der Waals surface area contributed by atoms with Gasteiger partial charge in [-0.15, -0.1) is 0 Å². The molecule has 1 aliphatic carbocycles. The third-order valence-electron chi connectivity index (χ3n) is 4.86. The quantitative estimate of drug-likeness (QED) is 0.894. The van der Waals surface area contributed by atoms with E-state index in [0.29, 0.717) is 6.04 Å². The minimum Gasteiger partial charge on any atom is -0.361 e. The highest BCUT2D eigenvalue weighted by molar-refractivity contribution is 5.82. The van der Waals surface area contributed by atoms with Crippen LogP contribution < -0.4 is 5.32 Å². The molecule has 0 bridgehead atoms. The van der Waals surface area contributed by atoms with E-state index >= 15 is 0 Å². The molecule has 0 spiro atoms. The fourth-order valence-electron chi connectivity index (χ4n) is 3.47. The average Bonchev–Trinajstić information content (AvgIpc) is 3.23. The molecule has 1 aromatic carbocycles. The fourth-order valence-corrected chi connectivity index (χ4v) is 3.47. The lowest BCUT2D eigenvalue weighted by Crippen LogP contribution is -2.43. The van der Waals surface area contributed by atoms with Crippen molar-refractivity contribution in [1.82, 2.24) is 15.2 Å². The van der Waals surface area contributed by atoms with Crippen LogP contribution in [-0.4, -0.2) is 35.1 Å². The van der Waals surface area contributed by atoms with E-state index in [1.54, 1.807) is 0 Å². The summed E-state index contributed by atoms with van der Waals surface area (Å²) in [5, 5.41) is 5.12. The zero-order valence-corrected chi connectivity index (χ0v) is 11.9. The first-order chi connectivity index (χ1) is 9.90. The molecular weight excluding hydrogens is 246 g/mol. The van der Waals surface area contributed by atoms with Crippen LogP contribution in [-0.2, 0) is 6.54 Å². The zero-order valence-electron chi connectivity index (χ0n) is 11.9. The van der Waals surface area contributed by atoms with Gasteiger partial charge in [-0.2, -0.15) is 0 Å². The molecule has 2 heterocycles. The number of benzene rings is 1. The number of aromatic amines is 1. The van der Waals surface area contributed by atoms with Gasteiger partial charge >= 0.3 is 0 Å². The lowest BCUT2D eigenvalue weighted by molar-refractivity contribution is 0.189. The fraction of sp³-hybridized carbons (Fsp3) is 0.529. The summed E-state index contributed by atoms with van der Waals surface area (Å²) >= 11 is 0. The number of aromatic nitrogens is 1. The highest BCUT2D eigenvalue weighted by atomic mass is 15.2. The molecule has 0 unspecified atom stereocenters. The molecule has 0 atom stereocenters. The highest BCUT2D eigenvalue weighted by Gasteiger charge is 2.31. The molecule has 3 nitrogen and oxygen atoms in total. The number of fused-ring (bicyclic) bond motifs is 1. The Balaban J connectivity index is 1.35. The molecule has 0 amide bonds. The Bertz CT molecular complexity index is 577. The third kappa shape index (κ3) is 2.48. The number of hydrogen-bond donors (Lipinski definition) is 2. The van der Waals surface area contributed by atoms with E-state index in [-0.39, 0.29) is 0 Å². The van der Waals surface area contributed by atoms with E-state index in [9.17, 15) is 0 Å². The van der Waals surface area contributed by atoms with Gasteiger partial charge in [0, 0.05) is 35.7 Å². The van der Waals surface area contributed by atoms with Crippen LogP contribution in [0.25, 0.3) is 10.9 Å². The molecule has 2 aromatic rings. The van der Waals surface area contributed by atoms with Crippen LogP contribution in [0.1, 0.15) is 31.2 Å². The van der Waals surface area contributed by atoms with Gasteiger partial charge in [0.1, 0.15) is 0 Å². The second-order valence-electron chi connectivity index (χ2n) is 6.28. The summed E-state index contributed by atoms with van der Waals surface area (Å²) in [6.07, 6.45) is 7.52. The van der Waals surface area contributed by atoms with Crippen LogP contribution in [0, 0.1) is 0 Å². The van der Waals surface area contributed by atoms with Gasteiger partial charge in [-0.1, -0.05) is 12.1 Å². The summed E-state index contributed by atoms with van der Waals surface area (Å²) in [6, 6.07) is 10.3. The van der Waals surface area contributed by atoms with Crippen LogP contribution in [0.2, 0.25) is 0 Å². The Kier molecular flexibility index (Phi) is 3.25. The van der Waals surface area contributed by atoms with Gasteiger partial charge in [0.05, 0.1) is 0 Å². The Morgan fingerprint density at radius 2 is 1.95 bits per heavy atom. The summed E-state index contributed by atoms with van der Waals surface area (Å²) < 4.78 is 0. The molecular formula is C17H23N3. The first-order valence-corrected chi connectivity index (χ1v) is 7.92. The number of piperidine rings is 1. The molecule has 2 N–H and O–H groups in total. The minimum absolute atomic E-state index is 0.694. The Morgan fingerprint density at radius 3 is 2.75 bits per heavy atom. The van der Waals surface area contributed by atoms with Crippen molar-refractivity contribution in [3.8, 4) is 0 Å². The lowest BCUT2D eigenvalue weighted by atomic mass is 10.0. The van der Waals surface area contributed by atoms with Crippen molar-refractivity contribution in [1.29, 1.82) is 0 Å². The van der Waals surface area contributed by atoms with E-state index < -0.39 is 0 Å². The van der Waals surface area contributed by atoms with E-state index in [1.807, 2.05) is 6.20 Å². The predicted octanol–water partition coefficient (Wildman–Crippen LogP) is 2.88. The molecule has 4 rings (SSSR count). The van der Waals surface area contributed by atoms with Crippen molar-refractivity contribution >= 4 is 10.9 Å². The van der Waals surface area contributed by atoms with Crippen molar-refractivity contribution in [3.63, 3.8) is 0 Å². The maximum absolute atomic E-state index is 3.76. The van der Waals surface area contributed by atoms with Crippen LogP contribution in [0.3, 0.4) is 0 Å². The number of rotatable bonds is 4. The van der Waals surface area contributed by atoms with Gasteiger partial charge in [0.2, 0.25) is 0 Å². The average molecular weight is 269 g/mol. The molecule has 2 fully saturated rings. The molecule has 1 aliphatic heterocycles. The maximum Gasteiger partial charge on any atom is 0.0457 e. The predicted molar refractivity (Wildman–Crippen MR) is 82.8 cm³/mol. The van der Waals surface area contributed by atoms with Crippen LogP contribution >= 0.6 is 0 Å². The van der Waals surface area contributed by atoms with Gasteiger partial charge in [0.15, 0.2) is 0 Å². The first kappa shape index (κ1) is 12.4. The van der Waals surface area contributed by atoms with Crippen LogP contribution in [0.5, 0.6) is 0 Å². The van der Waals surface area contributed by atoms with Crippen molar-refractivity contribution in [2.75, 3.05) is 13.1 Å². The van der Waals surface area contributed by atoms with Gasteiger partial charge in [0.25, 0.3) is 0 Å². The molecule has 20 heavy (non-hydrogen) atoms. The van der Waals surface area contributed by atoms with Crippen molar-refractivity contribution in [2.45, 2.75) is 44.3 Å². The maximum atomic E-state index is 3.76. The Labute approximate surface area is 120 Å². The van der Waals surface area contributed by atoms with E-state index in [4.69, 9.17) is 0 Å². The normalized spacial score (nSPS) is 21.6. The van der Waals surface area contributed by atoms with E-state index in [0.717, 1.165) is 12.6 Å². The van der Waals surface area contributed by atoms with Crippen LogP contribution in [0.15, 0.2) is 30.5 Å². The summed E-state index contributed by atoms with van der Waals surface area (Å²) in [6.45, 7) is 3.57. The SMILES string of the molecule is c1cc(CNC2CCN(C3CC3)CC2)c2cc[nH]c2c1. The summed E-state index contributed by atoms with van der Waals surface area (Å²) in [4.78, 5) is 5.97. The lowest BCUT2D eigenvalue weighted by Gasteiger charge is -2.32. The summed E-state index contributed by atoms with van der Waals surface area (Å²) in [5.41, 5.74) is 2.65. The van der Waals surface area contributed by atoms with Gasteiger partial charge in [-0.05, 0) is 56.5 Å². The second-order valence-corrected chi connectivity index (χ2v) is 6.28. The molecule has 2 aliphatic rings. The molecule has 106 valence electrons. The monoisotopic (exact) mass is 269 g/mol. The van der Waals surface area contributed by atoms with Gasteiger partial charge < -0.3 is 15.2 Å². The number of hydrogen-bond acceptors (Lipinski definition) is 2. The third-order valence-corrected chi connectivity index (χ3v) is 4.86. The molecule has 0 radical (unpaired) electrons. The Hall–Kier alpha value is -1.32. The first-order valence-electron chi connectivity index (χ1n) is 7.92. The van der Waals surface area contributed by atoms with Gasteiger partial charge in [-0.3, -0.25) is 0 Å². The molecule has 1 saturated heterocycles. The van der Waals surface area contributed by atoms with Crippen molar-refractivity contribution in [3.05, 3.63) is 36.0 Å². The minimum atomic E-state index is 0.694. The largest absolute Gasteiger partial charge is 0.361 e. The molecule has 1 aromatic heterocycles. The number of H-pyrrole nitrogens is 1. The summed E-state index contributed by atoms with van der Waals surface area (Å²) in [7, 11) is 0. The van der Waals surface area contributed by atoms with E-state index in [2.05, 4.69) is 39.5 Å². The standard InChI is InChI=1S/C17H23N3/c1-2-13(16-6-9-18-17(16)3-1)12-19-14-7-10-20(11-8-14)15-4-5-15/h1-3,6,9,14-15,18-19H,4-5,7-8,10-12H2. The second kappa shape index (κ2) is 5.23. The van der Waals surface area contributed by atoms with Crippen molar-refractivity contribution in [2.24, 2.45) is 0 Å². The number of nitrogens with one attached hydrogen (secondary N) is 2. The van der Waals surface area contributed by atoms with Crippen molar-refractivity contribution < 1.29 is 0 Å². The zero-order chi connectivity index (χ0) is 13.4. The Morgan fingerprint density at radius 1 is 1.10 bits per heavy atom. The van der Waals surface area contributed by atoms with Crippen LogP contribution in [0.4, 0.5) is 0 Å². The smallest absolute Gasteiger partial charge is 0.0457 e. The summed E-state index contributed by atoms with van der Waals surface area (Å²) in [5.74, 6) is 0. The molecule has 1 saturated carbocycles. The highest BCUT2D eigenvalue weighted by Crippen LogP contribution is 2.29. The van der Waals surface area contributed by atoms with Gasteiger partial charge in [-0.25, -0.2) is 0 Å². The topological polar surface area (TPSA) is 31.1 Å². The van der Waals surface area contributed by atoms with E-state index in [1.165, 1.54) is 55.2 Å². The number of nitrogens with zero attached hydrogens (tertiary/aromatic N) is 1. The number of likely N-dealkylation sites (tertiary alicyclic amines) is 1. The molecule has 3 heteroatoms.